The summed E-state index contributed by atoms with van der Waals surface area (Å²) in [4.78, 5) is 13.6. The average molecular weight is 517 g/mol. The third-order valence-corrected chi connectivity index (χ3v) is 6.58. The van der Waals surface area contributed by atoms with E-state index in [9.17, 15) is 9.18 Å². The topological polar surface area (TPSA) is 55.6 Å². The molecule has 4 aromatic carbocycles. The normalized spacial score (nSPS) is 11.1. The van der Waals surface area contributed by atoms with E-state index in [1.165, 1.54) is 23.3 Å². The van der Waals surface area contributed by atoms with Crippen molar-refractivity contribution in [2.45, 2.75) is 18.9 Å². The average Bonchev–Trinajstić information content (AvgIpc) is 2.92. The summed E-state index contributed by atoms with van der Waals surface area (Å²) in [5.41, 5.74) is 8.74. The predicted octanol–water partition coefficient (Wildman–Crippen LogP) is 6.68. The van der Waals surface area contributed by atoms with E-state index in [2.05, 4.69) is 29.2 Å². The van der Waals surface area contributed by atoms with E-state index in [0.717, 1.165) is 6.54 Å². The molecule has 0 spiro atoms. The van der Waals surface area contributed by atoms with Gasteiger partial charge in [0, 0.05) is 36.7 Å². The van der Waals surface area contributed by atoms with E-state index < -0.39 is 5.91 Å². The van der Waals surface area contributed by atoms with E-state index in [1.807, 2.05) is 48.5 Å². The number of hydrogen-bond donors (Lipinski definition) is 1. The first-order chi connectivity index (χ1) is 18.0. The first kappa shape index (κ1) is 26.4. The lowest BCUT2D eigenvalue weighted by Gasteiger charge is -2.28. The molecule has 1 amide bonds. The van der Waals surface area contributed by atoms with Gasteiger partial charge in [0.15, 0.2) is 0 Å². The molecule has 6 heteroatoms. The Balaban J connectivity index is 1.49. The molecule has 0 aliphatic heterocycles. The Morgan fingerprint density at radius 2 is 1.51 bits per heavy atom. The fourth-order valence-electron chi connectivity index (χ4n) is 4.38. The van der Waals surface area contributed by atoms with Crippen LogP contribution in [0.15, 0.2) is 103 Å². The molecule has 0 aliphatic rings. The third kappa shape index (κ3) is 7.42. The summed E-state index contributed by atoms with van der Waals surface area (Å²) in [5, 5.41) is 0.340. The van der Waals surface area contributed by atoms with Crippen LogP contribution >= 0.6 is 11.6 Å². The SMILES string of the molecule is NC(=O)c1ccc(OCCCN(Cc2ccccc2F)CC(c2ccccc2)c2ccccc2)c(Cl)c1. The second-order valence-corrected chi connectivity index (χ2v) is 9.32. The maximum atomic E-state index is 14.6. The van der Waals surface area contributed by atoms with Gasteiger partial charge >= 0.3 is 0 Å². The van der Waals surface area contributed by atoms with Crippen LogP contribution in [-0.4, -0.2) is 30.5 Å². The van der Waals surface area contributed by atoms with E-state index >= 15 is 0 Å². The number of ether oxygens (including phenoxy) is 1. The van der Waals surface area contributed by atoms with Crippen LogP contribution in [0.4, 0.5) is 4.39 Å². The van der Waals surface area contributed by atoms with Gasteiger partial charge in [-0.05, 0) is 41.8 Å². The van der Waals surface area contributed by atoms with Crippen LogP contribution in [0.1, 0.15) is 39.4 Å². The van der Waals surface area contributed by atoms with Crippen LogP contribution in [-0.2, 0) is 6.54 Å². The minimum Gasteiger partial charge on any atom is -0.492 e. The number of carbonyl (C=O) groups is 1. The lowest BCUT2D eigenvalue weighted by atomic mass is 9.90. The van der Waals surface area contributed by atoms with Gasteiger partial charge in [0.1, 0.15) is 11.6 Å². The van der Waals surface area contributed by atoms with Gasteiger partial charge < -0.3 is 10.5 Å². The van der Waals surface area contributed by atoms with Crippen molar-refractivity contribution in [1.82, 2.24) is 4.90 Å². The number of hydrogen-bond acceptors (Lipinski definition) is 3. The van der Waals surface area contributed by atoms with Gasteiger partial charge in [0.25, 0.3) is 0 Å². The summed E-state index contributed by atoms with van der Waals surface area (Å²) in [6, 6.07) is 32.4. The molecule has 0 aliphatic carbocycles. The molecule has 0 heterocycles. The molecule has 0 fully saturated rings. The van der Waals surface area contributed by atoms with Crippen molar-refractivity contribution in [1.29, 1.82) is 0 Å². The summed E-state index contributed by atoms with van der Waals surface area (Å²) < 4.78 is 20.5. The van der Waals surface area contributed by atoms with Crippen molar-refractivity contribution < 1.29 is 13.9 Å². The first-order valence-electron chi connectivity index (χ1n) is 12.3. The number of nitrogens with zero attached hydrogens (tertiary/aromatic N) is 1. The van der Waals surface area contributed by atoms with Gasteiger partial charge in [-0.15, -0.1) is 0 Å². The number of rotatable bonds is 12. The number of benzene rings is 4. The highest BCUT2D eigenvalue weighted by Crippen LogP contribution is 2.28. The smallest absolute Gasteiger partial charge is 0.248 e. The Morgan fingerprint density at radius 3 is 2.11 bits per heavy atom. The minimum absolute atomic E-state index is 0.130. The quantitative estimate of drug-likeness (QED) is 0.214. The highest BCUT2D eigenvalue weighted by molar-refractivity contribution is 6.32. The summed E-state index contributed by atoms with van der Waals surface area (Å²) in [6.45, 7) is 2.32. The maximum Gasteiger partial charge on any atom is 0.248 e. The molecule has 37 heavy (non-hydrogen) atoms. The molecule has 190 valence electrons. The molecule has 0 saturated heterocycles. The van der Waals surface area contributed by atoms with Gasteiger partial charge in [-0.25, -0.2) is 4.39 Å². The lowest BCUT2D eigenvalue weighted by Crippen LogP contribution is -2.31. The van der Waals surface area contributed by atoms with Crippen LogP contribution < -0.4 is 10.5 Å². The highest BCUT2D eigenvalue weighted by atomic mass is 35.5. The molecular weight excluding hydrogens is 487 g/mol. The fourth-order valence-corrected chi connectivity index (χ4v) is 4.61. The summed E-state index contributed by atoms with van der Waals surface area (Å²) in [5.74, 6) is -0.116. The molecule has 4 nitrogen and oxygen atoms in total. The number of amides is 1. The Labute approximate surface area is 222 Å². The van der Waals surface area contributed by atoms with Gasteiger partial charge in [-0.2, -0.15) is 0 Å². The van der Waals surface area contributed by atoms with Crippen LogP contribution in [0.25, 0.3) is 0 Å². The number of halogens is 2. The Hall–Kier alpha value is -3.67. The van der Waals surface area contributed by atoms with E-state index in [0.29, 0.717) is 48.0 Å². The first-order valence-corrected chi connectivity index (χ1v) is 12.7. The second-order valence-electron chi connectivity index (χ2n) is 8.91. The van der Waals surface area contributed by atoms with Crippen molar-refractivity contribution in [2.24, 2.45) is 5.73 Å². The molecule has 0 saturated carbocycles. The zero-order valence-corrected chi connectivity index (χ0v) is 21.3. The van der Waals surface area contributed by atoms with Crippen LogP contribution in [0.3, 0.4) is 0 Å². The van der Waals surface area contributed by atoms with Crippen molar-refractivity contribution >= 4 is 17.5 Å². The van der Waals surface area contributed by atoms with E-state index in [-0.39, 0.29) is 11.7 Å². The molecule has 0 bridgehead atoms. The van der Waals surface area contributed by atoms with Crippen LogP contribution in [0.2, 0.25) is 5.02 Å². The lowest BCUT2D eigenvalue weighted by molar-refractivity contribution is 0.1000. The monoisotopic (exact) mass is 516 g/mol. The predicted molar refractivity (Wildman–Crippen MR) is 146 cm³/mol. The van der Waals surface area contributed by atoms with Gasteiger partial charge in [0.05, 0.1) is 11.6 Å². The van der Waals surface area contributed by atoms with E-state index in [1.54, 1.807) is 18.2 Å². The second kappa shape index (κ2) is 13.0. The Kier molecular flexibility index (Phi) is 9.30. The van der Waals surface area contributed by atoms with Crippen LogP contribution in [0.5, 0.6) is 5.75 Å². The molecule has 4 rings (SSSR count). The Morgan fingerprint density at radius 1 is 0.892 bits per heavy atom. The largest absolute Gasteiger partial charge is 0.492 e. The summed E-state index contributed by atoms with van der Waals surface area (Å²) in [6.07, 6.45) is 0.707. The summed E-state index contributed by atoms with van der Waals surface area (Å²) in [7, 11) is 0. The standard InChI is InChI=1S/C31H30ClFN2O2/c32-28-20-25(31(34)36)16-17-30(28)37-19-9-18-35(21-26-14-7-8-15-29(26)33)22-27(23-10-3-1-4-11-23)24-12-5-2-6-13-24/h1-8,10-17,20,27H,9,18-19,21-22H2,(H2,34,36). The molecule has 0 atom stereocenters. The number of carbonyl (C=O) groups excluding carboxylic acids is 1. The zero-order valence-electron chi connectivity index (χ0n) is 20.5. The van der Waals surface area contributed by atoms with Crippen LogP contribution in [0, 0.1) is 5.82 Å². The maximum absolute atomic E-state index is 14.6. The van der Waals surface area contributed by atoms with Gasteiger partial charge in [-0.3, -0.25) is 9.69 Å². The number of nitrogens with two attached hydrogens (primary N) is 1. The van der Waals surface area contributed by atoms with Crippen molar-refractivity contribution in [2.75, 3.05) is 19.7 Å². The van der Waals surface area contributed by atoms with Gasteiger partial charge in [-0.1, -0.05) is 90.5 Å². The fraction of sp³-hybridized carbons (Fsp3) is 0.194. The minimum atomic E-state index is -0.538. The molecule has 0 aromatic heterocycles. The third-order valence-electron chi connectivity index (χ3n) is 6.29. The van der Waals surface area contributed by atoms with E-state index in [4.69, 9.17) is 22.1 Å². The molecule has 0 radical (unpaired) electrons. The van der Waals surface area contributed by atoms with Crippen molar-refractivity contribution in [3.05, 3.63) is 136 Å². The molecule has 2 N–H and O–H groups in total. The molecule has 4 aromatic rings. The zero-order chi connectivity index (χ0) is 26.0. The molecular formula is C31H30ClFN2O2. The number of primary amides is 1. The van der Waals surface area contributed by atoms with Crippen molar-refractivity contribution in [3.63, 3.8) is 0 Å². The molecule has 0 unspecified atom stereocenters. The summed E-state index contributed by atoms with van der Waals surface area (Å²) >= 11 is 6.26. The highest BCUT2D eigenvalue weighted by Gasteiger charge is 2.19. The van der Waals surface area contributed by atoms with Gasteiger partial charge in [0.2, 0.25) is 5.91 Å². The van der Waals surface area contributed by atoms with Crippen molar-refractivity contribution in [3.8, 4) is 5.75 Å². The Bertz CT molecular complexity index is 1260.